The van der Waals surface area contributed by atoms with E-state index in [-0.39, 0.29) is 17.9 Å². The molecule has 0 amide bonds. The van der Waals surface area contributed by atoms with Crippen LogP contribution in [0.5, 0.6) is 5.75 Å². The fourth-order valence-electron chi connectivity index (χ4n) is 5.83. The summed E-state index contributed by atoms with van der Waals surface area (Å²) in [6.07, 6.45) is 5.57. The van der Waals surface area contributed by atoms with Crippen molar-refractivity contribution >= 4 is 21.4 Å². The molecule has 41 heavy (non-hydrogen) atoms. The first-order valence-corrected chi connectivity index (χ1v) is 16.8. The number of piperidine rings is 1. The molecule has 5 rings (SSSR count). The number of hydrogen-bond donors (Lipinski definition) is 1. The highest BCUT2D eigenvalue weighted by Gasteiger charge is 2.30. The van der Waals surface area contributed by atoms with Gasteiger partial charge in [0.2, 0.25) is 10.0 Å². The monoisotopic (exact) mass is 593 g/mol. The molecule has 3 aromatic rings. The van der Waals surface area contributed by atoms with Gasteiger partial charge in [0.25, 0.3) is 0 Å². The quantitative estimate of drug-likeness (QED) is 0.351. The minimum Gasteiger partial charge on any atom is -0.490 e. The number of nitrogens with zero attached hydrogens (tertiary/aromatic N) is 4. The van der Waals surface area contributed by atoms with Gasteiger partial charge in [-0.2, -0.15) is 5.26 Å². The van der Waals surface area contributed by atoms with E-state index in [0.29, 0.717) is 23.9 Å². The van der Waals surface area contributed by atoms with Crippen LogP contribution in [0.1, 0.15) is 55.8 Å². The van der Waals surface area contributed by atoms with Crippen LogP contribution in [0, 0.1) is 11.3 Å². The maximum absolute atomic E-state index is 13.1. The maximum atomic E-state index is 13.1. The molecular weight excluding hydrogens is 555 g/mol. The first-order chi connectivity index (χ1) is 19.6. The van der Waals surface area contributed by atoms with Crippen LogP contribution in [-0.2, 0) is 16.4 Å². The van der Waals surface area contributed by atoms with E-state index < -0.39 is 10.0 Å². The van der Waals surface area contributed by atoms with E-state index in [0.717, 1.165) is 65.3 Å². The Kier molecular flexibility index (Phi) is 9.12. The Bertz CT molecular complexity index is 1520. The van der Waals surface area contributed by atoms with Crippen LogP contribution in [0.2, 0.25) is 0 Å². The number of sulfonamides is 1. The van der Waals surface area contributed by atoms with Crippen molar-refractivity contribution in [2.45, 2.75) is 57.7 Å². The normalized spacial score (nSPS) is 18.1. The molecule has 1 fully saturated rings. The molecule has 0 radical (unpaired) electrons. The number of thiazole rings is 1. The molecule has 0 saturated carbocycles. The van der Waals surface area contributed by atoms with Crippen LogP contribution in [0.25, 0.3) is 21.0 Å². The Balaban J connectivity index is 1.27. The molecule has 0 bridgehead atoms. The number of hydrogen-bond acceptors (Lipinski definition) is 8. The molecule has 1 atom stereocenters. The molecule has 0 spiro atoms. The second-order valence-electron chi connectivity index (χ2n) is 11.5. The highest BCUT2D eigenvalue weighted by atomic mass is 32.2. The number of nitrogens with one attached hydrogen (secondary N) is 1. The third-order valence-corrected chi connectivity index (χ3v) is 10.5. The largest absolute Gasteiger partial charge is 0.490 e. The van der Waals surface area contributed by atoms with Crippen molar-refractivity contribution in [2.75, 3.05) is 39.5 Å². The highest BCUT2D eigenvalue weighted by molar-refractivity contribution is 7.89. The summed E-state index contributed by atoms with van der Waals surface area (Å²) in [6.45, 7) is 6.33. The minimum absolute atomic E-state index is 0.0150. The van der Waals surface area contributed by atoms with Crippen LogP contribution in [0.4, 0.5) is 0 Å². The minimum atomic E-state index is -3.41. The molecule has 1 N–H and O–H groups in total. The van der Waals surface area contributed by atoms with Crippen LogP contribution < -0.4 is 9.46 Å². The summed E-state index contributed by atoms with van der Waals surface area (Å²) in [4.78, 5) is 10.2. The molecular formula is C31H39N5O3S2. The summed E-state index contributed by atoms with van der Waals surface area (Å²) in [5.41, 5.74) is 4.69. The van der Waals surface area contributed by atoms with Crippen LogP contribution in [-0.4, -0.2) is 74.8 Å². The van der Waals surface area contributed by atoms with E-state index in [4.69, 9.17) is 4.74 Å². The summed E-state index contributed by atoms with van der Waals surface area (Å²) in [7, 11) is 0.812. The van der Waals surface area contributed by atoms with Gasteiger partial charge >= 0.3 is 0 Å². The molecule has 2 aromatic carbocycles. The Morgan fingerprint density at radius 3 is 2.68 bits per heavy atom. The lowest BCUT2D eigenvalue weighted by Gasteiger charge is -2.35. The molecule has 8 nitrogen and oxygen atoms in total. The number of likely N-dealkylation sites (tertiary alicyclic amines) is 1. The van der Waals surface area contributed by atoms with E-state index in [1.54, 1.807) is 11.3 Å². The lowest BCUT2D eigenvalue weighted by Crippen LogP contribution is -2.44. The Labute approximate surface area is 248 Å². The van der Waals surface area contributed by atoms with Crippen molar-refractivity contribution in [2.24, 2.45) is 0 Å². The number of ether oxygens (including phenoxy) is 1. The molecule has 0 unspecified atom stereocenters. The number of rotatable bonds is 10. The van der Waals surface area contributed by atoms with Crippen molar-refractivity contribution in [3.63, 3.8) is 0 Å². The van der Waals surface area contributed by atoms with E-state index in [1.807, 2.05) is 50.4 Å². The first-order valence-electron chi connectivity index (χ1n) is 14.3. The highest BCUT2D eigenvalue weighted by Crippen LogP contribution is 2.41. The molecule has 2 heterocycles. The second kappa shape index (κ2) is 12.6. The third-order valence-electron chi connectivity index (χ3n) is 8.04. The lowest BCUT2D eigenvalue weighted by atomic mass is 10.0. The van der Waals surface area contributed by atoms with Gasteiger partial charge in [0.05, 0.1) is 22.3 Å². The summed E-state index contributed by atoms with van der Waals surface area (Å²) < 4.78 is 34.9. The summed E-state index contributed by atoms with van der Waals surface area (Å²) in [5.74, 6) is 0.695. The lowest BCUT2D eigenvalue weighted by molar-refractivity contribution is 0.150. The van der Waals surface area contributed by atoms with Gasteiger partial charge in [-0.25, -0.2) is 18.1 Å². The average molecular weight is 594 g/mol. The average Bonchev–Trinajstić information content (AvgIpc) is 3.60. The molecule has 1 aromatic heterocycles. The van der Waals surface area contributed by atoms with E-state index in [2.05, 4.69) is 45.7 Å². The van der Waals surface area contributed by atoms with Gasteiger partial charge < -0.3 is 14.5 Å². The fraction of sp³-hybridized carbons (Fsp3) is 0.484. The third kappa shape index (κ3) is 6.99. The van der Waals surface area contributed by atoms with Gasteiger partial charge in [-0.1, -0.05) is 18.2 Å². The van der Waals surface area contributed by atoms with Gasteiger partial charge in [-0.3, -0.25) is 0 Å². The van der Waals surface area contributed by atoms with E-state index >= 15 is 0 Å². The maximum Gasteiger partial charge on any atom is 0.213 e. The summed E-state index contributed by atoms with van der Waals surface area (Å²) in [5, 5.41) is 10.5. The summed E-state index contributed by atoms with van der Waals surface area (Å²) in [6, 6.07) is 14.3. The van der Waals surface area contributed by atoms with Gasteiger partial charge in [0, 0.05) is 30.4 Å². The zero-order valence-corrected chi connectivity index (χ0v) is 25.9. The van der Waals surface area contributed by atoms with Gasteiger partial charge in [-0.05, 0) is 102 Å². The van der Waals surface area contributed by atoms with Crippen molar-refractivity contribution in [1.29, 1.82) is 5.26 Å². The zero-order valence-electron chi connectivity index (χ0n) is 24.3. The summed E-state index contributed by atoms with van der Waals surface area (Å²) >= 11 is 1.58. The smallest absolute Gasteiger partial charge is 0.213 e. The van der Waals surface area contributed by atoms with Crippen molar-refractivity contribution in [1.82, 2.24) is 19.5 Å². The topological polar surface area (TPSA) is 98.6 Å². The molecule has 10 heteroatoms. The van der Waals surface area contributed by atoms with Crippen LogP contribution >= 0.6 is 11.3 Å². The predicted octanol–water partition coefficient (Wildman–Crippen LogP) is 5.07. The van der Waals surface area contributed by atoms with Crippen molar-refractivity contribution in [3.8, 4) is 32.8 Å². The number of aromatic nitrogens is 1. The number of fused-ring (bicyclic) bond motifs is 1. The number of benzene rings is 2. The van der Waals surface area contributed by atoms with E-state index in [1.165, 1.54) is 5.56 Å². The van der Waals surface area contributed by atoms with E-state index in [9.17, 15) is 13.7 Å². The molecule has 2 aliphatic rings. The molecule has 1 aliphatic heterocycles. The Morgan fingerprint density at radius 1 is 1.20 bits per heavy atom. The van der Waals surface area contributed by atoms with Crippen LogP contribution in [0.15, 0.2) is 42.6 Å². The molecule has 1 aliphatic carbocycles. The van der Waals surface area contributed by atoms with Crippen molar-refractivity contribution in [3.05, 3.63) is 59.3 Å². The zero-order chi connectivity index (χ0) is 29.1. The SMILES string of the molecule is CC(C)Oc1ccc(-c2ncc(-c3cccc4c3CC[C@H]4NS(=O)(=O)CCN3CCC(N(C)C)CC3)s2)cc1C#N. The van der Waals surface area contributed by atoms with Crippen molar-refractivity contribution < 1.29 is 13.2 Å². The Hall–Kier alpha value is -2.81. The first kappa shape index (κ1) is 29.7. The molecule has 218 valence electrons. The van der Waals surface area contributed by atoms with Gasteiger partial charge in [0.15, 0.2) is 0 Å². The Morgan fingerprint density at radius 2 is 1.98 bits per heavy atom. The molecule has 1 saturated heterocycles. The fourth-order valence-corrected chi connectivity index (χ4v) is 8.09. The predicted molar refractivity (Wildman–Crippen MR) is 165 cm³/mol. The van der Waals surface area contributed by atoms with Gasteiger partial charge in [0.1, 0.15) is 16.8 Å². The standard InChI is InChI=1S/C31H39N5O3S2/c1-21(2)39-29-11-8-22(18-23(29)19-32)31-33-20-30(40-31)27-7-5-6-26-25(27)9-10-28(26)34-41(37,38)17-16-36-14-12-24(13-15-36)35(3)4/h5-8,11,18,20-21,24,28,34H,9-10,12-17H2,1-4H3/t28-/m1/s1. The second-order valence-corrected chi connectivity index (χ2v) is 14.4. The van der Waals surface area contributed by atoms with Gasteiger partial charge in [-0.15, -0.1) is 11.3 Å². The number of nitriles is 1. The van der Waals surface area contributed by atoms with Crippen LogP contribution in [0.3, 0.4) is 0 Å².